The number of carboxylic acids is 1. The number of carboxylic acid groups (broad SMARTS) is 1. The predicted octanol–water partition coefficient (Wildman–Crippen LogP) is 4.08. The third kappa shape index (κ3) is 8.43. The second-order valence-corrected chi connectivity index (χ2v) is 10.7. The number of rotatable bonds is 13. The van der Waals surface area contributed by atoms with Gasteiger partial charge in [0, 0.05) is 42.3 Å². The topological polar surface area (TPSA) is 130 Å². The average Bonchev–Trinajstić information content (AvgIpc) is 3.51. The molecule has 0 spiro atoms. The number of carbonyl (C=O) groups is 2. The third-order valence-corrected chi connectivity index (χ3v) is 7.23. The van der Waals surface area contributed by atoms with Crippen LogP contribution in [0.5, 0.6) is 0 Å². The Bertz CT molecular complexity index is 1520. The van der Waals surface area contributed by atoms with Gasteiger partial charge in [0.2, 0.25) is 0 Å². The van der Waals surface area contributed by atoms with Crippen molar-refractivity contribution in [3.05, 3.63) is 90.0 Å². The molecule has 224 valence electrons. The first-order chi connectivity index (χ1) is 20.1. The van der Waals surface area contributed by atoms with Crippen molar-refractivity contribution in [2.75, 3.05) is 0 Å². The van der Waals surface area contributed by atoms with E-state index in [2.05, 4.69) is 10.3 Å². The number of hydrogen-bond donors (Lipinski definition) is 4. The fourth-order valence-corrected chi connectivity index (χ4v) is 5.32. The van der Waals surface area contributed by atoms with Crippen LogP contribution in [0.3, 0.4) is 0 Å². The minimum absolute atomic E-state index is 0. The van der Waals surface area contributed by atoms with Gasteiger partial charge in [-0.3, -0.25) is 9.59 Å². The SMILES string of the molecule is CC(C)n1c(CC[C@@H](O)C[C@@H](O)CC(=O)O)c(-c2ccc(F)cc2)c(-c2ccccc2)c1C(=O)NCc1nccn1C.[NaH]. The van der Waals surface area contributed by atoms with E-state index in [1.165, 1.54) is 12.1 Å². The summed E-state index contributed by atoms with van der Waals surface area (Å²) in [6.07, 6.45) is 1.29. The van der Waals surface area contributed by atoms with E-state index in [1.807, 2.05) is 60.4 Å². The number of aryl methyl sites for hydroxylation is 1. The summed E-state index contributed by atoms with van der Waals surface area (Å²) in [6.45, 7) is 4.14. The van der Waals surface area contributed by atoms with Crippen LogP contribution in [-0.2, 0) is 24.8 Å². The van der Waals surface area contributed by atoms with Crippen molar-refractivity contribution in [3.8, 4) is 22.3 Å². The quantitative estimate of drug-likeness (QED) is 0.171. The molecule has 0 saturated carbocycles. The van der Waals surface area contributed by atoms with Gasteiger partial charge in [0.25, 0.3) is 5.91 Å². The van der Waals surface area contributed by atoms with Gasteiger partial charge in [0.15, 0.2) is 0 Å². The Balaban J connectivity index is 0.00000506. The van der Waals surface area contributed by atoms with Crippen LogP contribution in [0, 0.1) is 5.82 Å². The molecule has 0 aliphatic carbocycles. The zero-order valence-electron chi connectivity index (χ0n) is 24.0. The Kier molecular flexibility index (Phi) is 12.3. The summed E-state index contributed by atoms with van der Waals surface area (Å²) in [5, 5.41) is 32.8. The molecule has 4 aromatic rings. The zero-order chi connectivity index (χ0) is 30.4. The van der Waals surface area contributed by atoms with E-state index >= 15 is 0 Å². The van der Waals surface area contributed by atoms with Crippen LogP contribution in [0.25, 0.3) is 22.3 Å². The molecule has 0 fully saturated rings. The van der Waals surface area contributed by atoms with E-state index in [1.54, 1.807) is 24.5 Å². The summed E-state index contributed by atoms with van der Waals surface area (Å²) in [5.74, 6) is -1.15. The zero-order valence-corrected chi connectivity index (χ0v) is 24.0. The average molecular weight is 601 g/mol. The van der Waals surface area contributed by atoms with Gasteiger partial charge in [0.1, 0.15) is 17.3 Å². The predicted molar refractivity (Wildman–Crippen MR) is 164 cm³/mol. The van der Waals surface area contributed by atoms with Gasteiger partial charge in [0.05, 0.1) is 25.2 Å². The number of aliphatic carboxylic acids is 1. The fourth-order valence-electron chi connectivity index (χ4n) is 5.32. The molecule has 4 rings (SSSR count). The molecular weight excluding hydrogens is 562 g/mol. The number of aliphatic hydroxyl groups excluding tert-OH is 2. The van der Waals surface area contributed by atoms with Gasteiger partial charge in [-0.25, -0.2) is 9.37 Å². The Labute approximate surface area is 272 Å². The van der Waals surface area contributed by atoms with Crippen molar-refractivity contribution in [2.24, 2.45) is 7.05 Å². The number of amides is 1. The molecule has 1 amide bonds. The standard InChI is InChI=1S/C32H37FN4O5.Na.H/c1-20(2)37-26(14-13-24(38)17-25(39)18-28(40)41)29(22-9-11-23(33)12-10-22)30(21-7-5-4-6-8-21)31(37)32(42)35-19-27-34-15-16-36(27)3;;/h4-12,15-16,20,24-25,38-39H,13-14,17-19H2,1-3H3,(H,35,42)(H,40,41);;/t24-,25-;;/m1../s1. The molecule has 2 atom stereocenters. The van der Waals surface area contributed by atoms with Crippen molar-refractivity contribution in [1.82, 2.24) is 19.4 Å². The molecule has 2 aromatic heterocycles. The van der Waals surface area contributed by atoms with Gasteiger partial charge in [-0.1, -0.05) is 42.5 Å². The molecule has 11 heteroatoms. The first kappa shape index (κ1) is 34.2. The Morgan fingerprint density at radius 3 is 2.21 bits per heavy atom. The van der Waals surface area contributed by atoms with Crippen molar-refractivity contribution >= 4 is 41.4 Å². The van der Waals surface area contributed by atoms with Crippen LogP contribution in [0.15, 0.2) is 67.0 Å². The van der Waals surface area contributed by atoms with Gasteiger partial charge in [-0.15, -0.1) is 0 Å². The number of benzene rings is 2. The maximum atomic E-state index is 14.0. The monoisotopic (exact) mass is 600 g/mol. The van der Waals surface area contributed by atoms with E-state index in [0.29, 0.717) is 29.1 Å². The van der Waals surface area contributed by atoms with Crippen molar-refractivity contribution in [3.63, 3.8) is 0 Å². The second-order valence-electron chi connectivity index (χ2n) is 10.7. The molecule has 2 aromatic carbocycles. The molecule has 4 N–H and O–H groups in total. The van der Waals surface area contributed by atoms with Crippen molar-refractivity contribution in [2.45, 2.75) is 64.3 Å². The van der Waals surface area contributed by atoms with E-state index < -0.39 is 24.6 Å². The number of halogens is 1. The molecule has 2 heterocycles. The molecule has 0 saturated heterocycles. The van der Waals surface area contributed by atoms with Gasteiger partial charge in [-0.2, -0.15) is 0 Å². The molecule has 9 nitrogen and oxygen atoms in total. The minimum atomic E-state index is -1.18. The molecule has 0 unspecified atom stereocenters. The summed E-state index contributed by atoms with van der Waals surface area (Å²) in [7, 11) is 1.85. The first-order valence-electron chi connectivity index (χ1n) is 14.0. The number of aromatic nitrogens is 3. The summed E-state index contributed by atoms with van der Waals surface area (Å²) in [6, 6.07) is 15.4. The number of carbonyl (C=O) groups excluding carboxylic acids is 1. The normalized spacial score (nSPS) is 12.5. The molecule has 0 aliphatic rings. The summed E-state index contributed by atoms with van der Waals surface area (Å²) in [4.78, 5) is 29.3. The van der Waals surface area contributed by atoms with Crippen LogP contribution in [0.2, 0.25) is 0 Å². The second kappa shape index (κ2) is 15.4. The number of nitrogens with zero attached hydrogens (tertiary/aromatic N) is 3. The Morgan fingerprint density at radius 2 is 1.63 bits per heavy atom. The number of hydrogen-bond acceptors (Lipinski definition) is 5. The van der Waals surface area contributed by atoms with Gasteiger partial charge < -0.3 is 29.8 Å². The van der Waals surface area contributed by atoms with Crippen LogP contribution in [-0.4, -0.2) is 83.1 Å². The third-order valence-electron chi connectivity index (χ3n) is 7.23. The van der Waals surface area contributed by atoms with Crippen molar-refractivity contribution < 1.29 is 29.3 Å². The summed E-state index contributed by atoms with van der Waals surface area (Å²) < 4.78 is 17.8. The molecular formula is C32H38FN4NaO5. The summed E-state index contributed by atoms with van der Waals surface area (Å²) >= 11 is 0. The fraction of sp³-hybridized carbons (Fsp3) is 0.344. The number of nitrogens with one attached hydrogen (secondary N) is 1. The first-order valence-corrected chi connectivity index (χ1v) is 14.0. The van der Waals surface area contributed by atoms with Crippen LogP contribution >= 0.6 is 0 Å². The van der Waals surface area contributed by atoms with Gasteiger partial charge >= 0.3 is 35.5 Å². The van der Waals surface area contributed by atoms with Crippen LogP contribution in [0.4, 0.5) is 4.39 Å². The molecule has 0 bridgehead atoms. The van der Waals surface area contributed by atoms with Crippen LogP contribution in [0.1, 0.15) is 61.2 Å². The molecule has 0 radical (unpaired) electrons. The summed E-state index contributed by atoms with van der Waals surface area (Å²) in [5.41, 5.74) is 4.14. The van der Waals surface area contributed by atoms with E-state index in [-0.39, 0.29) is 66.7 Å². The number of imidazole rings is 1. The van der Waals surface area contributed by atoms with E-state index in [0.717, 1.165) is 16.8 Å². The Morgan fingerprint density at radius 1 is 0.977 bits per heavy atom. The molecule has 43 heavy (non-hydrogen) atoms. The Hall–Kier alpha value is -3.28. The van der Waals surface area contributed by atoms with E-state index in [4.69, 9.17) is 5.11 Å². The molecule has 0 aliphatic heterocycles. The van der Waals surface area contributed by atoms with Crippen LogP contribution < -0.4 is 5.32 Å². The maximum absolute atomic E-state index is 14.0. The van der Waals surface area contributed by atoms with Gasteiger partial charge in [-0.05, 0) is 56.4 Å². The van der Waals surface area contributed by atoms with E-state index in [9.17, 15) is 24.2 Å². The number of aliphatic hydroxyl groups is 2. The van der Waals surface area contributed by atoms with Crippen molar-refractivity contribution in [1.29, 1.82) is 0 Å².